The van der Waals surface area contributed by atoms with E-state index in [1.165, 1.54) is 4.91 Å². The van der Waals surface area contributed by atoms with Gasteiger partial charge in [-0.15, -0.1) is 11.8 Å². The Kier molecular flexibility index (Phi) is 3.14. The topological polar surface area (TPSA) is 29.4 Å². The molecule has 0 aromatic carbocycles. The Balaban J connectivity index is 2.56. The van der Waals surface area contributed by atoms with E-state index in [1.807, 2.05) is 18.4 Å². The molecule has 1 aliphatic rings. The van der Waals surface area contributed by atoms with Gasteiger partial charge in [-0.25, -0.2) is 4.79 Å². The first-order chi connectivity index (χ1) is 5.36. The van der Waals surface area contributed by atoms with E-state index >= 15 is 0 Å². The molecule has 0 N–H and O–H groups in total. The predicted octanol–water partition coefficient (Wildman–Crippen LogP) is 1.90. The second-order valence-corrected chi connectivity index (χ2v) is 3.07. The summed E-state index contributed by atoms with van der Waals surface area (Å²) in [6, 6.07) is 0.0170. The fraction of sp³-hybridized carbons (Fsp3) is 0.375. The highest BCUT2D eigenvalue weighted by Gasteiger charge is 2.05. The van der Waals surface area contributed by atoms with Crippen LogP contribution in [0.1, 0.15) is 6.42 Å². The molecular weight excluding hydrogens is 158 g/mol. The minimum atomic E-state index is 0.0170. The molecule has 0 bridgehead atoms. The minimum absolute atomic E-state index is 0.0170. The zero-order valence-electron chi connectivity index (χ0n) is 6.28. The third-order valence-corrected chi connectivity index (χ3v) is 2.27. The third kappa shape index (κ3) is 2.37. The molecule has 0 fully saturated rings. The van der Waals surface area contributed by atoms with Crippen molar-refractivity contribution in [1.82, 2.24) is 0 Å². The molecule has 0 radical (unpaired) electrons. The zero-order chi connectivity index (χ0) is 8.10. The molecule has 0 aliphatic heterocycles. The molecule has 0 aromatic rings. The van der Waals surface area contributed by atoms with E-state index in [2.05, 4.69) is 11.1 Å². The molecule has 0 saturated carbocycles. The molecule has 58 valence electrons. The number of isocyanates is 1. The van der Waals surface area contributed by atoms with Crippen molar-refractivity contribution in [3.63, 3.8) is 0 Å². The van der Waals surface area contributed by atoms with E-state index in [4.69, 9.17) is 0 Å². The number of hydrogen-bond acceptors (Lipinski definition) is 3. The van der Waals surface area contributed by atoms with Crippen molar-refractivity contribution in [3.05, 3.63) is 23.1 Å². The normalized spacial score (nSPS) is 22.3. The third-order valence-electron chi connectivity index (χ3n) is 1.50. The highest BCUT2D eigenvalue weighted by atomic mass is 32.2. The fourth-order valence-electron chi connectivity index (χ4n) is 0.904. The van der Waals surface area contributed by atoms with Crippen molar-refractivity contribution in [1.29, 1.82) is 0 Å². The molecule has 0 amide bonds. The summed E-state index contributed by atoms with van der Waals surface area (Å²) in [5.41, 5.74) is 0. The molecule has 0 spiro atoms. The van der Waals surface area contributed by atoms with Gasteiger partial charge in [0.25, 0.3) is 0 Å². The summed E-state index contributed by atoms with van der Waals surface area (Å²) in [5.74, 6) is 0. The van der Waals surface area contributed by atoms with Crippen LogP contribution in [0.5, 0.6) is 0 Å². The van der Waals surface area contributed by atoms with Gasteiger partial charge in [-0.3, -0.25) is 0 Å². The fourth-order valence-corrected chi connectivity index (χ4v) is 1.38. The first-order valence-corrected chi connectivity index (χ1v) is 4.58. The Bertz CT molecular complexity index is 238. The number of carbonyl (C=O) groups excluding carboxylic acids is 1. The van der Waals surface area contributed by atoms with Gasteiger partial charge in [-0.2, -0.15) is 4.99 Å². The van der Waals surface area contributed by atoms with Gasteiger partial charge in [0, 0.05) is 4.91 Å². The molecular formula is C8H9NOS. The van der Waals surface area contributed by atoms with Crippen LogP contribution in [-0.2, 0) is 4.79 Å². The van der Waals surface area contributed by atoms with E-state index in [1.54, 1.807) is 17.8 Å². The second-order valence-electron chi connectivity index (χ2n) is 2.19. The van der Waals surface area contributed by atoms with Crippen molar-refractivity contribution in [2.45, 2.75) is 12.5 Å². The average Bonchev–Trinajstić information content (AvgIpc) is 2.07. The average molecular weight is 167 g/mol. The molecule has 1 atom stereocenters. The number of hydrogen-bond donors (Lipinski definition) is 0. The maximum Gasteiger partial charge on any atom is 0.235 e. The lowest BCUT2D eigenvalue weighted by Crippen LogP contribution is -2.01. The molecule has 0 aromatic heterocycles. The first kappa shape index (κ1) is 8.31. The van der Waals surface area contributed by atoms with Crippen LogP contribution in [-0.4, -0.2) is 18.4 Å². The van der Waals surface area contributed by atoms with Gasteiger partial charge < -0.3 is 0 Å². The Morgan fingerprint density at radius 3 is 3.09 bits per heavy atom. The van der Waals surface area contributed by atoms with E-state index in [0.717, 1.165) is 6.42 Å². The molecule has 3 heteroatoms. The van der Waals surface area contributed by atoms with Crippen molar-refractivity contribution in [2.75, 3.05) is 6.26 Å². The highest BCUT2D eigenvalue weighted by molar-refractivity contribution is 8.02. The number of allylic oxidation sites excluding steroid dienone is 1. The minimum Gasteiger partial charge on any atom is -0.211 e. The van der Waals surface area contributed by atoms with Gasteiger partial charge in [-0.05, 0) is 12.7 Å². The Morgan fingerprint density at radius 2 is 2.64 bits per heavy atom. The van der Waals surface area contributed by atoms with Crippen LogP contribution in [0.25, 0.3) is 0 Å². The summed E-state index contributed by atoms with van der Waals surface area (Å²) in [6.07, 6.45) is 10.4. The maximum absolute atomic E-state index is 9.87. The van der Waals surface area contributed by atoms with Crippen molar-refractivity contribution in [3.8, 4) is 0 Å². The molecule has 1 aliphatic carbocycles. The maximum atomic E-state index is 9.87. The lowest BCUT2D eigenvalue weighted by atomic mass is 10.1. The number of rotatable bonds is 2. The predicted molar refractivity (Wildman–Crippen MR) is 47.3 cm³/mol. The van der Waals surface area contributed by atoms with E-state index in [9.17, 15) is 4.79 Å². The highest BCUT2D eigenvalue weighted by Crippen LogP contribution is 2.20. The zero-order valence-corrected chi connectivity index (χ0v) is 7.10. The smallest absolute Gasteiger partial charge is 0.211 e. The van der Waals surface area contributed by atoms with E-state index in [-0.39, 0.29) is 6.04 Å². The van der Waals surface area contributed by atoms with Crippen LogP contribution >= 0.6 is 11.8 Å². The van der Waals surface area contributed by atoms with Crippen molar-refractivity contribution in [2.24, 2.45) is 4.99 Å². The van der Waals surface area contributed by atoms with Gasteiger partial charge >= 0.3 is 0 Å². The molecule has 2 nitrogen and oxygen atoms in total. The lowest BCUT2D eigenvalue weighted by molar-refractivity contribution is 0.560. The molecule has 0 saturated heterocycles. The Labute approximate surface area is 70.1 Å². The van der Waals surface area contributed by atoms with Gasteiger partial charge in [0.15, 0.2) is 0 Å². The summed E-state index contributed by atoms with van der Waals surface area (Å²) in [7, 11) is 0. The molecule has 1 unspecified atom stereocenters. The van der Waals surface area contributed by atoms with Crippen molar-refractivity contribution >= 4 is 17.8 Å². The van der Waals surface area contributed by atoms with Gasteiger partial charge in [0.1, 0.15) is 0 Å². The van der Waals surface area contributed by atoms with Crippen LogP contribution in [0.2, 0.25) is 0 Å². The summed E-state index contributed by atoms with van der Waals surface area (Å²) in [4.78, 5) is 14.7. The van der Waals surface area contributed by atoms with E-state index in [0.29, 0.717) is 0 Å². The molecule has 0 heterocycles. The number of nitrogens with zero attached hydrogens (tertiary/aromatic N) is 1. The second kappa shape index (κ2) is 4.16. The monoisotopic (exact) mass is 167 g/mol. The van der Waals surface area contributed by atoms with Crippen molar-refractivity contribution < 1.29 is 4.79 Å². The van der Waals surface area contributed by atoms with Crippen LogP contribution in [0.3, 0.4) is 0 Å². The van der Waals surface area contributed by atoms with Crippen LogP contribution < -0.4 is 0 Å². The van der Waals surface area contributed by atoms with Gasteiger partial charge in [0.2, 0.25) is 6.08 Å². The summed E-state index contributed by atoms with van der Waals surface area (Å²) in [6.45, 7) is 0. The van der Waals surface area contributed by atoms with Crippen LogP contribution in [0, 0.1) is 0 Å². The van der Waals surface area contributed by atoms with Gasteiger partial charge in [-0.1, -0.05) is 18.2 Å². The summed E-state index contributed by atoms with van der Waals surface area (Å²) in [5, 5.41) is 0. The summed E-state index contributed by atoms with van der Waals surface area (Å²) < 4.78 is 0. The van der Waals surface area contributed by atoms with Crippen LogP contribution in [0.4, 0.5) is 0 Å². The number of thioether (sulfide) groups is 1. The standard InChI is InChI=1S/C8H9NOS/c1-11-8-4-2-7(3-5-8)9-6-10/h2,4-5,7H,3H2,1H3. The molecule has 1 rings (SSSR count). The lowest BCUT2D eigenvalue weighted by Gasteiger charge is -2.08. The summed E-state index contributed by atoms with van der Waals surface area (Å²) >= 11 is 1.70. The van der Waals surface area contributed by atoms with E-state index < -0.39 is 0 Å². The first-order valence-electron chi connectivity index (χ1n) is 3.36. The Hall–Kier alpha value is -0.790. The van der Waals surface area contributed by atoms with Gasteiger partial charge in [0.05, 0.1) is 6.04 Å². The number of aliphatic imine (C=N–C) groups is 1. The quantitative estimate of drug-likeness (QED) is 0.464. The van der Waals surface area contributed by atoms with Crippen LogP contribution in [0.15, 0.2) is 28.1 Å². The Morgan fingerprint density at radius 1 is 1.82 bits per heavy atom. The molecule has 11 heavy (non-hydrogen) atoms. The largest absolute Gasteiger partial charge is 0.235 e. The SMILES string of the molecule is CSC1=CCC(N=C=O)C=C1.